The van der Waals surface area contributed by atoms with Crippen LogP contribution in [0.2, 0.25) is 0 Å². The molecule has 1 amide bonds. The molecule has 0 saturated carbocycles. The van der Waals surface area contributed by atoms with Gasteiger partial charge in [-0.3, -0.25) is 4.79 Å². The minimum atomic E-state index is -0.0595. The van der Waals surface area contributed by atoms with Gasteiger partial charge in [-0.25, -0.2) is 10.4 Å². The summed E-state index contributed by atoms with van der Waals surface area (Å²) in [7, 11) is 0. The highest BCUT2D eigenvalue weighted by Crippen LogP contribution is 2.23. The first-order valence-corrected chi connectivity index (χ1v) is 5.00. The number of hydrogen-bond acceptors (Lipinski definition) is 3. The molecule has 1 heterocycles. The zero-order chi connectivity index (χ0) is 10.8. The molecule has 4 heteroatoms. The van der Waals surface area contributed by atoms with Crippen LogP contribution in [0.5, 0.6) is 0 Å². The Morgan fingerprint density at radius 3 is 2.87 bits per heavy atom. The van der Waals surface area contributed by atoms with Crippen molar-refractivity contribution in [2.45, 2.75) is 26.0 Å². The van der Waals surface area contributed by atoms with Gasteiger partial charge >= 0.3 is 0 Å². The van der Waals surface area contributed by atoms with Crippen molar-refractivity contribution < 1.29 is 9.90 Å². The monoisotopic (exact) mass is 206 g/mol. The van der Waals surface area contributed by atoms with Crippen molar-refractivity contribution in [3.8, 4) is 0 Å². The Morgan fingerprint density at radius 2 is 2.27 bits per heavy atom. The Kier molecular flexibility index (Phi) is 2.70. The Labute approximate surface area is 88.5 Å². The fraction of sp³-hybridized carbons (Fsp3) is 0.364. The van der Waals surface area contributed by atoms with E-state index in [1.807, 2.05) is 31.2 Å². The number of benzene rings is 1. The summed E-state index contributed by atoms with van der Waals surface area (Å²) >= 11 is 0. The van der Waals surface area contributed by atoms with Crippen molar-refractivity contribution in [2.24, 2.45) is 0 Å². The molecule has 4 nitrogen and oxygen atoms in total. The number of aliphatic hydroxyl groups is 1. The van der Waals surface area contributed by atoms with Crippen LogP contribution in [0.15, 0.2) is 24.3 Å². The van der Waals surface area contributed by atoms with E-state index in [1.165, 1.54) is 5.01 Å². The van der Waals surface area contributed by atoms with Crippen molar-refractivity contribution in [1.29, 1.82) is 0 Å². The molecular formula is C11H14N2O2. The summed E-state index contributed by atoms with van der Waals surface area (Å²) in [5, 5.41) is 10.7. The summed E-state index contributed by atoms with van der Waals surface area (Å²) in [6.07, 6.45) is 0.500. The molecule has 1 fully saturated rings. The Bertz CT molecular complexity index is 379. The van der Waals surface area contributed by atoms with Gasteiger partial charge in [-0.1, -0.05) is 18.2 Å². The fourth-order valence-electron chi connectivity index (χ4n) is 1.76. The highest BCUT2D eigenvalue weighted by Gasteiger charge is 2.28. The van der Waals surface area contributed by atoms with Gasteiger partial charge in [0.1, 0.15) is 0 Å². The van der Waals surface area contributed by atoms with Gasteiger partial charge in [-0.05, 0) is 13.0 Å². The molecule has 0 bridgehead atoms. The fourth-order valence-corrected chi connectivity index (χ4v) is 1.76. The predicted octanol–water partition coefficient (Wildman–Crippen LogP) is 0.809. The molecule has 1 atom stereocenters. The second-order valence-electron chi connectivity index (χ2n) is 3.75. The van der Waals surface area contributed by atoms with E-state index in [0.717, 1.165) is 11.3 Å². The van der Waals surface area contributed by atoms with Crippen LogP contribution < -0.4 is 10.4 Å². The molecule has 0 aromatic heterocycles. The number of para-hydroxylation sites is 1. The summed E-state index contributed by atoms with van der Waals surface area (Å²) in [5.74, 6) is 0.0448. The third-order valence-electron chi connectivity index (χ3n) is 2.48. The second-order valence-corrected chi connectivity index (χ2v) is 3.75. The zero-order valence-corrected chi connectivity index (χ0v) is 8.60. The molecule has 0 radical (unpaired) electrons. The molecule has 1 aliphatic rings. The van der Waals surface area contributed by atoms with Gasteiger partial charge in [0.15, 0.2) is 0 Å². The number of rotatable bonds is 2. The van der Waals surface area contributed by atoms with Crippen LogP contribution in [0.25, 0.3) is 0 Å². The zero-order valence-electron chi connectivity index (χ0n) is 8.60. The van der Waals surface area contributed by atoms with Gasteiger partial charge in [0.05, 0.1) is 12.3 Å². The van der Waals surface area contributed by atoms with Crippen LogP contribution >= 0.6 is 0 Å². The van der Waals surface area contributed by atoms with Gasteiger partial charge < -0.3 is 5.11 Å². The van der Waals surface area contributed by atoms with E-state index in [0.29, 0.717) is 6.42 Å². The van der Waals surface area contributed by atoms with Crippen molar-refractivity contribution in [3.63, 3.8) is 0 Å². The SMILES string of the molecule is CC1CC(=O)N(c2ccccc2CO)N1. The topological polar surface area (TPSA) is 52.6 Å². The molecule has 2 N–H and O–H groups in total. The maximum Gasteiger partial charge on any atom is 0.243 e. The number of anilines is 1. The van der Waals surface area contributed by atoms with E-state index in [9.17, 15) is 4.79 Å². The highest BCUT2D eigenvalue weighted by atomic mass is 16.3. The Hall–Kier alpha value is -1.39. The van der Waals surface area contributed by atoms with Crippen LogP contribution in [0.4, 0.5) is 5.69 Å². The largest absolute Gasteiger partial charge is 0.392 e. The summed E-state index contributed by atoms with van der Waals surface area (Å²) < 4.78 is 0. The Morgan fingerprint density at radius 1 is 1.53 bits per heavy atom. The summed E-state index contributed by atoms with van der Waals surface area (Å²) in [4.78, 5) is 11.6. The lowest BCUT2D eigenvalue weighted by Gasteiger charge is -2.19. The normalized spacial score (nSPS) is 21.1. The number of carbonyl (C=O) groups excluding carboxylic acids is 1. The molecule has 1 aromatic carbocycles. The predicted molar refractivity (Wildman–Crippen MR) is 57.1 cm³/mol. The van der Waals surface area contributed by atoms with Crippen molar-refractivity contribution >= 4 is 11.6 Å². The lowest BCUT2D eigenvalue weighted by molar-refractivity contribution is -0.117. The third-order valence-corrected chi connectivity index (χ3v) is 2.48. The number of amides is 1. The molecular weight excluding hydrogens is 192 g/mol. The second kappa shape index (κ2) is 4.00. The van der Waals surface area contributed by atoms with Gasteiger partial charge in [0, 0.05) is 18.0 Å². The van der Waals surface area contributed by atoms with E-state index < -0.39 is 0 Å². The first-order valence-electron chi connectivity index (χ1n) is 5.00. The number of nitrogens with one attached hydrogen (secondary N) is 1. The van der Waals surface area contributed by atoms with E-state index in [2.05, 4.69) is 5.43 Å². The number of aliphatic hydroxyl groups excluding tert-OH is 1. The van der Waals surface area contributed by atoms with Crippen LogP contribution in [-0.4, -0.2) is 17.1 Å². The molecule has 1 saturated heterocycles. The van der Waals surface area contributed by atoms with Crippen molar-refractivity contribution in [3.05, 3.63) is 29.8 Å². The van der Waals surface area contributed by atoms with Gasteiger partial charge in [-0.15, -0.1) is 0 Å². The number of hydrazine groups is 1. The van der Waals surface area contributed by atoms with Crippen LogP contribution in [0.1, 0.15) is 18.9 Å². The molecule has 1 aliphatic heterocycles. The average Bonchev–Trinajstić information content (AvgIpc) is 2.57. The van der Waals surface area contributed by atoms with Gasteiger partial charge in [0.2, 0.25) is 5.91 Å². The minimum absolute atomic E-state index is 0.0448. The Balaban J connectivity index is 2.33. The average molecular weight is 206 g/mol. The summed E-state index contributed by atoms with van der Waals surface area (Å²) in [6.45, 7) is 1.90. The lowest BCUT2D eigenvalue weighted by Crippen LogP contribution is -2.37. The number of nitrogens with zero attached hydrogens (tertiary/aromatic N) is 1. The first kappa shape index (κ1) is 10.1. The van der Waals surface area contributed by atoms with Gasteiger partial charge in [-0.2, -0.15) is 0 Å². The maximum absolute atomic E-state index is 11.6. The molecule has 0 aliphatic carbocycles. The molecule has 2 rings (SSSR count). The molecule has 15 heavy (non-hydrogen) atoms. The lowest BCUT2D eigenvalue weighted by atomic mass is 10.2. The quantitative estimate of drug-likeness (QED) is 0.752. The molecule has 80 valence electrons. The maximum atomic E-state index is 11.6. The van der Waals surface area contributed by atoms with Crippen molar-refractivity contribution in [1.82, 2.24) is 5.43 Å². The smallest absolute Gasteiger partial charge is 0.243 e. The highest BCUT2D eigenvalue weighted by molar-refractivity contribution is 5.95. The molecule has 1 aromatic rings. The van der Waals surface area contributed by atoms with E-state index in [-0.39, 0.29) is 18.6 Å². The van der Waals surface area contributed by atoms with E-state index in [4.69, 9.17) is 5.11 Å². The van der Waals surface area contributed by atoms with E-state index >= 15 is 0 Å². The number of carbonyl (C=O) groups is 1. The third kappa shape index (κ3) is 1.86. The van der Waals surface area contributed by atoms with Crippen molar-refractivity contribution in [2.75, 3.05) is 5.01 Å². The minimum Gasteiger partial charge on any atom is -0.392 e. The number of hydrogen-bond donors (Lipinski definition) is 2. The first-order chi connectivity index (χ1) is 7.22. The van der Waals surface area contributed by atoms with E-state index in [1.54, 1.807) is 0 Å². The molecule has 1 unspecified atom stereocenters. The molecule has 0 spiro atoms. The summed E-state index contributed by atoms with van der Waals surface area (Å²) in [6, 6.07) is 7.50. The van der Waals surface area contributed by atoms with Gasteiger partial charge in [0.25, 0.3) is 0 Å². The van der Waals surface area contributed by atoms with Crippen LogP contribution in [-0.2, 0) is 11.4 Å². The summed E-state index contributed by atoms with van der Waals surface area (Å²) in [5.41, 5.74) is 4.57. The van der Waals surface area contributed by atoms with Crippen LogP contribution in [0.3, 0.4) is 0 Å². The standard InChI is InChI=1S/C11H14N2O2/c1-8-6-11(15)13(12-8)10-5-3-2-4-9(10)7-14/h2-5,8,12,14H,6-7H2,1H3. The van der Waals surface area contributed by atoms with Crippen LogP contribution in [0, 0.1) is 0 Å².